The first kappa shape index (κ1) is 13.5. The van der Waals surface area contributed by atoms with Gasteiger partial charge in [0.25, 0.3) is 5.91 Å². The molecule has 0 aromatic heterocycles. The number of allylic oxidation sites excluding steroid dienone is 2. The Balaban J connectivity index is 1.92. The number of amides is 1. The second-order valence-electron chi connectivity index (χ2n) is 4.82. The molecule has 0 heterocycles. The van der Waals surface area contributed by atoms with Crippen molar-refractivity contribution in [3.05, 3.63) is 35.9 Å². The highest BCUT2D eigenvalue weighted by Crippen LogP contribution is 2.22. The van der Waals surface area contributed by atoms with Gasteiger partial charge in [-0.2, -0.15) is 0 Å². The van der Waals surface area contributed by atoms with E-state index in [0.717, 1.165) is 25.8 Å². The molecule has 1 unspecified atom stereocenters. The van der Waals surface area contributed by atoms with Gasteiger partial charge >= 0.3 is 0 Å². The van der Waals surface area contributed by atoms with Crippen LogP contribution in [0.25, 0.3) is 0 Å². The summed E-state index contributed by atoms with van der Waals surface area (Å²) in [6.45, 7) is 0.717. The van der Waals surface area contributed by atoms with E-state index in [9.17, 15) is 4.79 Å². The van der Waals surface area contributed by atoms with Gasteiger partial charge in [-0.15, -0.1) is 0 Å². The van der Waals surface area contributed by atoms with Crippen LogP contribution in [0.3, 0.4) is 0 Å². The largest absolute Gasteiger partial charge is 0.495 e. The number of hydrogen-bond acceptors (Lipinski definition) is 3. The maximum atomic E-state index is 12.0. The number of nitrogen functional groups attached to an aromatic ring is 1. The topological polar surface area (TPSA) is 64.3 Å². The second-order valence-corrected chi connectivity index (χ2v) is 4.82. The first-order chi connectivity index (χ1) is 9.20. The molecule has 0 saturated carbocycles. The molecule has 1 atom stereocenters. The van der Waals surface area contributed by atoms with Crippen molar-refractivity contribution in [3.63, 3.8) is 0 Å². The van der Waals surface area contributed by atoms with Crippen molar-refractivity contribution in [2.75, 3.05) is 19.4 Å². The van der Waals surface area contributed by atoms with Crippen LogP contribution in [-0.4, -0.2) is 19.6 Å². The third-order valence-corrected chi connectivity index (χ3v) is 3.42. The highest BCUT2D eigenvalue weighted by molar-refractivity contribution is 5.95. The Labute approximate surface area is 113 Å². The number of hydrogen-bond donors (Lipinski definition) is 2. The van der Waals surface area contributed by atoms with Crippen LogP contribution in [0.15, 0.2) is 30.4 Å². The summed E-state index contributed by atoms with van der Waals surface area (Å²) in [4.78, 5) is 12.0. The van der Waals surface area contributed by atoms with Crippen molar-refractivity contribution in [2.45, 2.75) is 19.3 Å². The fourth-order valence-corrected chi connectivity index (χ4v) is 2.26. The molecule has 0 bridgehead atoms. The van der Waals surface area contributed by atoms with E-state index in [1.165, 1.54) is 0 Å². The summed E-state index contributed by atoms with van der Waals surface area (Å²) in [5.74, 6) is 1.06. The number of methoxy groups -OCH3 is 1. The van der Waals surface area contributed by atoms with Gasteiger partial charge in [-0.1, -0.05) is 12.2 Å². The van der Waals surface area contributed by atoms with Crippen LogP contribution in [0.4, 0.5) is 5.69 Å². The normalized spacial score (nSPS) is 18.1. The summed E-state index contributed by atoms with van der Waals surface area (Å²) >= 11 is 0. The predicted octanol–water partition coefficient (Wildman–Crippen LogP) is 2.36. The van der Waals surface area contributed by atoms with E-state index >= 15 is 0 Å². The van der Waals surface area contributed by atoms with Crippen LogP contribution in [-0.2, 0) is 0 Å². The van der Waals surface area contributed by atoms with Crippen LogP contribution in [0.5, 0.6) is 5.75 Å². The van der Waals surface area contributed by atoms with Gasteiger partial charge in [0.15, 0.2) is 0 Å². The molecule has 2 rings (SSSR count). The summed E-state index contributed by atoms with van der Waals surface area (Å²) < 4.78 is 5.07. The van der Waals surface area contributed by atoms with Gasteiger partial charge in [-0.3, -0.25) is 4.79 Å². The highest BCUT2D eigenvalue weighted by Gasteiger charge is 2.13. The van der Waals surface area contributed by atoms with E-state index < -0.39 is 0 Å². The molecule has 0 radical (unpaired) electrons. The molecule has 0 aliphatic heterocycles. The Hall–Kier alpha value is -1.97. The molecule has 1 aromatic carbocycles. The first-order valence-electron chi connectivity index (χ1n) is 6.57. The van der Waals surface area contributed by atoms with Crippen LogP contribution in [0, 0.1) is 5.92 Å². The summed E-state index contributed by atoms with van der Waals surface area (Å²) in [6.07, 6.45) is 7.68. The summed E-state index contributed by atoms with van der Waals surface area (Å²) in [7, 11) is 1.56. The van der Waals surface area contributed by atoms with Crippen molar-refractivity contribution >= 4 is 11.6 Å². The van der Waals surface area contributed by atoms with E-state index in [2.05, 4.69) is 17.5 Å². The zero-order valence-electron chi connectivity index (χ0n) is 11.2. The van der Waals surface area contributed by atoms with E-state index in [4.69, 9.17) is 10.5 Å². The lowest BCUT2D eigenvalue weighted by atomic mass is 9.94. The number of nitrogens with two attached hydrogens (primary N) is 1. The van der Waals surface area contributed by atoms with Crippen molar-refractivity contribution in [3.8, 4) is 5.75 Å². The molecule has 0 saturated heterocycles. The van der Waals surface area contributed by atoms with Gasteiger partial charge in [-0.05, 0) is 43.4 Å². The van der Waals surface area contributed by atoms with Gasteiger partial charge < -0.3 is 15.8 Å². The minimum atomic E-state index is -0.0797. The molecule has 3 N–H and O–H groups in total. The highest BCUT2D eigenvalue weighted by atomic mass is 16.5. The zero-order valence-corrected chi connectivity index (χ0v) is 11.2. The van der Waals surface area contributed by atoms with Crippen molar-refractivity contribution in [2.24, 2.45) is 5.92 Å². The number of carbonyl (C=O) groups excluding carboxylic acids is 1. The molecule has 1 amide bonds. The number of nitrogens with one attached hydrogen (secondary N) is 1. The maximum Gasteiger partial charge on any atom is 0.251 e. The van der Waals surface area contributed by atoms with Gasteiger partial charge in [0.2, 0.25) is 0 Å². The quantitative estimate of drug-likeness (QED) is 0.645. The molecule has 4 heteroatoms. The molecule has 1 aromatic rings. The summed E-state index contributed by atoms with van der Waals surface area (Å²) in [5.41, 5.74) is 6.85. The van der Waals surface area contributed by atoms with Gasteiger partial charge in [0, 0.05) is 12.1 Å². The Morgan fingerprint density at radius 1 is 1.47 bits per heavy atom. The van der Waals surface area contributed by atoms with Crippen LogP contribution < -0.4 is 15.8 Å². The fraction of sp³-hybridized carbons (Fsp3) is 0.400. The molecule has 0 fully saturated rings. The summed E-state index contributed by atoms with van der Waals surface area (Å²) in [5, 5.41) is 2.96. The van der Waals surface area contributed by atoms with E-state index in [0.29, 0.717) is 22.9 Å². The second kappa shape index (κ2) is 6.27. The summed E-state index contributed by atoms with van der Waals surface area (Å²) in [6, 6.07) is 5.09. The van der Waals surface area contributed by atoms with Crippen LogP contribution in [0.1, 0.15) is 29.6 Å². The minimum Gasteiger partial charge on any atom is -0.495 e. The average molecular weight is 260 g/mol. The number of carbonyl (C=O) groups is 1. The van der Waals surface area contributed by atoms with Gasteiger partial charge in [0.1, 0.15) is 5.75 Å². The Bertz CT molecular complexity index is 483. The Morgan fingerprint density at radius 2 is 2.32 bits per heavy atom. The lowest BCUT2D eigenvalue weighted by Crippen LogP contribution is -2.29. The lowest BCUT2D eigenvalue weighted by molar-refractivity contribution is 0.0946. The zero-order chi connectivity index (χ0) is 13.7. The van der Waals surface area contributed by atoms with Crippen LogP contribution >= 0.6 is 0 Å². The molecule has 0 spiro atoms. The third-order valence-electron chi connectivity index (χ3n) is 3.42. The first-order valence-corrected chi connectivity index (χ1v) is 6.57. The standard InChI is InChI=1S/C15H20N2O2/c1-19-14-8-7-12(9-13(14)16)15(18)17-10-11-5-3-2-4-6-11/h2-3,7-9,11H,4-6,10,16H2,1H3,(H,17,18). The number of benzene rings is 1. The average Bonchev–Trinajstić information content (AvgIpc) is 2.45. The molecule has 1 aliphatic carbocycles. The van der Waals surface area contributed by atoms with Crippen molar-refractivity contribution in [1.29, 1.82) is 0 Å². The number of rotatable bonds is 4. The molecule has 102 valence electrons. The predicted molar refractivity (Wildman–Crippen MR) is 76.2 cm³/mol. The van der Waals surface area contributed by atoms with E-state index in [-0.39, 0.29) is 5.91 Å². The third kappa shape index (κ3) is 3.50. The Kier molecular flexibility index (Phi) is 4.44. The van der Waals surface area contributed by atoms with Crippen molar-refractivity contribution in [1.82, 2.24) is 5.32 Å². The van der Waals surface area contributed by atoms with E-state index in [1.54, 1.807) is 25.3 Å². The fourth-order valence-electron chi connectivity index (χ4n) is 2.26. The van der Waals surface area contributed by atoms with Gasteiger partial charge in [0.05, 0.1) is 12.8 Å². The van der Waals surface area contributed by atoms with Crippen LogP contribution in [0.2, 0.25) is 0 Å². The lowest BCUT2D eigenvalue weighted by Gasteiger charge is -2.18. The van der Waals surface area contributed by atoms with E-state index in [1.807, 2.05) is 0 Å². The molecular formula is C15H20N2O2. The minimum absolute atomic E-state index is 0.0797. The Morgan fingerprint density at radius 3 is 2.95 bits per heavy atom. The number of ether oxygens (including phenoxy) is 1. The molecule has 1 aliphatic rings. The van der Waals surface area contributed by atoms with Gasteiger partial charge in [-0.25, -0.2) is 0 Å². The van der Waals surface area contributed by atoms with Crippen molar-refractivity contribution < 1.29 is 9.53 Å². The monoisotopic (exact) mass is 260 g/mol. The molecular weight excluding hydrogens is 240 g/mol. The maximum absolute atomic E-state index is 12.0. The smallest absolute Gasteiger partial charge is 0.251 e. The number of anilines is 1. The SMILES string of the molecule is COc1ccc(C(=O)NCC2CC=CCC2)cc1N. The molecule has 4 nitrogen and oxygen atoms in total. The molecule has 19 heavy (non-hydrogen) atoms.